The van der Waals surface area contributed by atoms with Crippen LogP contribution in [-0.2, 0) is 13.1 Å². The molecule has 0 radical (unpaired) electrons. The normalized spacial score (nSPS) is 11.3. The number of nitrogens with one attached hydrogen (secondary N) is 1. The Labute approximate surface area is 126 Å². The second-order valence-electron chi connectivity index (χ2n) is 5.59. The lowest BCUT2D eigenvalue weighted by molar-refractivity contribution is 0.355. The van der Waals surface area contributed by atoms with Crippen molar-refractivity contribution in [2.75, 3.05) is 13.6 Å². The van der Waals surface area contributed by atoms with Crippen LogP contribution in [0.4, 0.5) is 0 Å². The van der Waals surface area contributed by atoms with Crippen molar-refractivity contribution in [1.29, 1.82) is 0 Å². The molecule has 0 aliphatic heterocycles. The Morgan fingerprint density at radius 1 is 1.42 bits per heavy atom. The predicted molar refractivity (Wildman–Crippen MR) is 87.3 cm³/mol. The average molecular weight is 325 g/mol. The molecule has 0 atom stereocenters. The average Bonchev–Trinajstić information content (AvgIpc) is 2.28. The largest absolute Gasteiger partial charge is 0.310 e. The standard InChI is InChI=1S/C16H25BrN2/c1-12(2)10-19(5)11-15-7-6-14(8-16(15)17)9-18-13(3)4/h6-8,13,18H,1,9-11H2,2-5H3. The summed E-state index contributed by atoms with van der Waals surface area (Å²) in [7, 11) is 2.12. The van der Waals surface area contributed by atoms with Gasteiger partial charge in [-0.15, -0.1) is 0 Å². The molecule has 1 aromatic carbocycles. The second kappa shape index (κ2) is 7.83. The number of nitrogens with zero attached hydrogens (tertiary/aromatic N) is 1. The SMILES string of the molecule is C=C(C)CN(C)Cc1ccc(CNC(C)C)cc1Br. The number of likely N-dealkylation sites (N-methyl/N-ethyl adjacent to an activating group) is 1. The summed E-state index contributed by atoms with van der Waals surface area (Å²) >= 11 is 3.67. The maximum atomic E-state index is 3.95. The number of rotatable bonds is 7. The van der Waals surface area contributed by atoms with E-state index in [-0.39, 0.29) is 0 Å². The highest BCUT2D eigenvalue weighted by Gasteiger charge is 2.06. The first-order chi connectivity index (χ1) is 8.88. The van der Waals surface area contributed by atoms with E-state index in [1.807, 2.05) is 0 Å². The van der Waals surface area contributed by atoms with E-state index in [1.54, 1.807) is 0 Å². The first-order valence-electron chi connectivity index (χ1n) is 6.72. The topological polar surface area (TPSA) is 15.3 Å². The van der Waals surface area contributed by atoms with E-state index < -0.39 is 0 Å². The summed E-state index contributed by atoms with van der Waals surface area (Å²) in [5, 5.41) is 3.43. The number of hydrogen-bond donors (Lipinski definition) is 1. The van der Waals surface area contributed by atoms with E-state index in [4.69, 9.17) is 0 Å². The third kappa shape index (κ3) is 6.37. The zero-order chi connectivity index (χ0) is 14.4. The van der Waals surface area contributed by atoms with Crippen molar-refractivity contribution in [3.8, 4) is 0 Å². The maximum absolute atomic E-state index is 3.95. The Balaban J connectivity index is 2.63. The molecule has 0 heterocycles. The van der Waals surface area contributed by atoms with Crippen LogP contribution in [0.5, 0.6) is 0 Å². The zero-order valence-electron chi connectivity index (χ0n) is 12.5. The van der Waals surface area contributed by atoms with Crippen molar-refractivity contribution in [2.45, 2.75) is 39.9 Å². The molecule has 0 amide bonds. The van der Waals surface area contributed by atoms with Crippen LogP contribution in [0.1, 0.15) is 31.9 Å². The van der Waals surface area contributed by atoms with Crippen molar-refractivity contribution in [2.24, 2.45) is 0 Å². The van der Waals surface area contributed by atoms with E-state index in [9.17, 15) is 0 Å². The van der Waals surface area contributed by atoms with Crippen LogP contribution in [0.2, 0.25) is 0 Å². The molecule has 0 unspecified atom stereocenters. The molecule has 3 heteroatoms. The van der Waals surface area contributed by atoms with Gasteiger partial charge in [-0.3, -0.25) is 4.90 Å². The Kier molecular flexibility index (Phi) is 6.76. The molecular formula is C16H25BrN2. The summed E-state index contributed by atoms with van der Waals surface area (Å²) in [6, 6.07) is 7.12. The third-order valence-corrected chi connectivity index (χ3v) is 3.55. The van der Waals surface area contributed by atoms with Gasteiger partial charge in [0.05, 0.1) is 0 Å². The molecule has 1 aromatic rings. The molecule has 0 saturated carbocycles. The van der Waals surface area contributed by atoms with Crippen molar-refractivity contribution in [3.05, 3.63) is 46.0 Å². The Morgan fingerprint density at radius 2 is 2.11 bits per heavy atom. The van der Waals surface area contributed by atoms with Crippen molar-refractivity contribution in [1.82, 2.24) is 10.2 Å². The van der Waals surface area contributed by atoms with Gasteiger partial charge in [0.2, 0.25) is 0 Å². The lowest BCUT2D eigenvalue weighted by Gasteiger charge is -2.18. The number of benzene rings is 1. The van der Waals surface area contributed by atoms with Crippen LogP contribution in [0.15, 0.2) is 34.8 Å². The molecular weight excluding hydrogens is 300 g/mol. The van der Waals surface area contributed by atoms with Gasteiger partial charge >= 0.3 is 0 Å². The lowest BCUT2D eigenvalue weighted by atomic mass is 10.1. The van der Waals surface area contributed by atoms with Crippen LogP contribution in [0.3, 0.4) is 0 Å². The van der Waals surface area contributed by atoms with Crippen molar-refractivity contribution < 1.29 is 0 Å². The number of halogens is 1. The van der Waals surface area contributed by atoms with Crippen molar-refractivity contribution >= 4 is 15.9 Å². The highest BCUT2D eigenvalue weighted by atomic mass is 79.9. The van der Waals surface area contributed by atoms with Gasteiger partial charge < -0.3 is 5.32 Å². The third-order valence-electron chi connectivity index (χ3n) is 2.81. The van der Waals surface area contributed by atoms with Gasteiger partial charge in [-0.1, -0.05) is 54.1 Å². The summed E-state index contributed by atoms with van der Waals surface area (Å²) in [5.74, 6) is 0. The molecule has 0 spiro atoms. The molecule has 2 nitrogen and oxygen atoms in total. The highest BCUT2D eigenvalue weighted by molar-refractivity contribution is 9.10. The molecule has 1 N–H and O–H groups in total. The van der Waals surface area contributed by atoms with E-state index in [1.165, 1.54) is 21.2 Å². The molecule has 0 bridgehead atoms. The second-order valence-corrected chi connectivity index (χ2v) is 6.45. The highest BCUT2D eigenvalue weighted by Crippen LogP contribution is 2.20. The Morgan fingerprint density at radius 3 is 2.63 bits per heavy atom. The van der Waals surface area contributed by atoms with E-state index in [0.29, 0.717) is 6.04 Å². The van der Waals surface area contributed by atoms with E-state index in [2.05, 4.69) is 78.7 Å². The van der Waals surface area contributed by atoms with Gasteiger partial charge in [-0.05, 0) is 31.2 Å². The van der Waals surface area contributed by atoms with Crippen molar-refractivity contribution in [3.63, 3.8) is 0 Å². The quantitative estimate of drug-likeness (QED) is 0.764. The van der Waals surface area contributed by atoms with Crippen LogP contribution in [-0.4, -0.2) is 24.5 Å². The molecule has 0 aliphatic rings. The molecule has 106 valence electrons. The lowest BCUT2D eigenvalue weighted by Crippen LogP contribution is -2.22. The van der Waals surface area contributed by atoms with Gasteiger partial charge in [-0.25, -0.2) is 0 Å². The zero-order valence-corrected chi connectivity index (χ0v) is 14.0. The predicted octanol–water partition coefficient (Wildman–Crippen LogP) is 3.96. The van der Waals surface area contributed by atoms with Crippen LogP contribution in [0.25, 0.3) is 0 Å². The summed E-state index contributed by atoms with van der Waals surface area (Å²) in [5.41, 5.74) is 3.82. The van der Waals surface area contributed by atoms with Gasteiger partial charge in [0.25, 0.3) is 0 Å². The van der Waals surface area contributed by atoms with E-state index >= 15 is 0 Å². The molecule has 0 aromatic heterocycles. The van der Waals surface area contributed by atoms with Gasteiger partial charge in [0, 0.05) is 30.1 Å². The minimum absolute atomic E-state index is 0.514. The molecule has 0 fully saturated rings. The van der Waals surface area contributed by atoms with Crippen LogP contribution in [0, 0.1) is 0 Å². The fourth-order valence-corrected chi connectivity index (χ4v) is 2.51. The summed E-state index contributed by atoms with van der Waals surface area (Å²) in [6.07, 6.45) is 0. The first-order valence-corrected chi connectivity index (χ1v) is 7.51. The summed E-state index contributed by atoms with van der Waals surface area (Å²) in [6.45, 7) is 13.1. The molecule has 0 aliphatic carbocycles. The van der Waals surface area contributed by atoms with Crippen LogP contribution < -0.4 is 5.32 Å². The maximum Gasteiger partial charge on any atom is 0.0245 e. The summed E-state index contributed by atoms with van der Waals surface area (Å²) in [4.78, 5) is 2.27. The minimum Gasteiger partial charge on any atom is -0.310 e. The molecule has 1 rings (SSSR count). The Bertz CT molecular complexity index is 427. The fourth-order valence-electron chi connectivity index (χ4n) is 1.96. The van der Waals surface area contributed by atoms with Gasteiger partial charge in [0.15, 0.2) is 0 Å². The smallest absolute Gasteiger partial charge is 0.0245 e. The van der Waals surface area contributed by atoms with Gasteiger partial charge in [0.1, 0.15) is 0 Å². The van der Waals surface area contributed by atoms with E-state index in [0.717, 1.165) is 19.6 Å². The monoisotopic (exact) mass is 324 g/mol. The summed E-state index contributed by atoms with van der Waals surface area (Å²) < 4.78 is 1.18. The minimum atomic E-state index is 0.514. The molecule has 0 saturated heterocycles. The fraction of sp³-hybridized carbons (Fsp3) is 0.500. The van der Waals surface area contributed by atoms with Crippen LogP contribution >= 0.6 is 15.9 Å². The first kappa shape index (κ1) is 16.4. The Hall–Kier alpha value is -0.640. The number of hydrogen-bond acceptors (Lipinski definition) is 2. The van der Waals surface area contributed by atoms with Gasteiger partial charge in [-0.2, -0.15) is 0 Å². The molecule has 19 heavy (non-hydrogen) atoms.